The molecule has 4 N–H and O–H groups in total. The summed E-state index contributed by atoms with van der Waals surface area (Å²) in [4.78, 5) is 19.3. The van der Waals surface area contributed by atoms with Gasteiger partial charge in [0.2, 0.25) is 0 Å². The molecule has 0 fully saturated rings. The Morgan fingerprint density at radius 1 is 1.03 bits per heavy atom. The van der Waals surface area contributed by atoms with Gasteiger partial charge in [0.25, 0.3) is 0 Å². The predicted octanol–water partition coefficient (Wildman–Crippen LogP) is 5.16. The molecule has 1 atom stereocenters. The van der Waals surface area contributed by atoms with Crippen LogP contribution >= 0.6 is 11.6 Å². The lowest BCUT2D eigenvalue weighted by Crippen LogP contribution is -2.16. The predicted molar refractivity (Wildman–Crippen MR) is 120 cm³/mol. The fraction of sp³-hybridized carbons (Fsp3) is 0.391. The first kappa shape index (κ1) is 26.5. The first-order valence-electron chi connectivity index (χ1n) is 10.4. The zero-order valence-corrected chi connectivity index (χ0v) is 18.8. The third-order valence-electron chi connectivity index (χ3n) is 5.13. The van der Waals surface area contributed by atoms with E-state index in [-0.39, 0.29) is 18.9 Å². The van der Waals surface area contributed by atoms with Gasteiger partial charge in [0, 0.05) is 6.04 Å². The standard InChI is InChI=1S/C19H20ClF3N2.C4H6O4/c1-12(13-2-5-15(6-3-13)19(21,22)23)25-18-16-9-11-24-10-8-14(16)4-7-17(18)20;5-3(6)1-2-4(7)8/h2-7,12,24-25H,8-11H2,1H3;1-2H2,(H,5,6)(H,7,8). The van der Waals surface area contributed by atoms with E-state index in [1.165, 1.54) is 23.3 Å². The SMILES string of the molecule is CC(Nc1c(Cl)ccc2c1CCNCC2)c1ccc(C(F)(F)F)cc1.O=C(O)CCC(=O)O. The van der Waals surface area contributed by atoms with E-state index < -0.39 is 23.7 Å². The number of anilines is 1. The Morgan fingerprint density at radius 3 is 2.15 bits per heavy atom. The second kappa shape index (κ2) is 11.9. The summed E-state index contributed by atoms with van der Waals surface area (Å²) in [6.45, 7) is 3.74. The van der Waals surface area contributed by atoms with Crippen LogP contribution < -0.4 is 10.6 Å². The highest BCUT2D eigenvalue weighted by molar-refractivity contribution is 6.33. The molecular formula is C23H26ClF3N2O4. The van der Waals surface area contributed by atoms with Gasteiger partial charge in [0.15, 0.2) is 0 Å². The first-order valence-corrected chi connectivity index (χ1v) is 10.7. The van der Waals surface area contributed by atoms with Gasteiger partial charge in [-0.25, -0.2) is 0 Å². The largest absolute Gasteiger partial charge is 0.481 e. The van der Waals surface area contributed by atoms with E-state index in [4.69, 9.17) is 21.8 Å². The summed E-state index contributed by atoms with van der Waals surface area (Å²) in [6.07, 6.45) is -3.10. The minimum Gasteiger partial charge on any atom is -0.481 e. The number of carbonyl (C=O) groups is 2. The van der Waals surface area contributed by atoms with E-state index in [2.05, 4.69) is 16.7 Å². The summed E-state index contributed by atoms with van der Waals surface area (Å²) in [5.74, 6) is -2.15. The van der Waals surface area contributed by atoms with Crippen LogP contribution in [-0.2, 0) is 28.6 Å². The molecule has 1 heterocycles. The number of hydrogen-bond acceptors (Lipinski definition) is 4. The normalized spacial score (nSPS) is 14.2. The van der Waals surface area contributed by atoms with E-state index in [1.807, 2.05) is 13.0 Å². The number of rotatable bonds is 6. The molecule has 1 unspecified atom stereocenters. The molecule has 1 aliphatic rings. The molecule has 6 nitrogen and oxygen atoms in total. The minimum absolute atomic E-state index is 0.150. The molecule has 0 amide bonds. The molecule has 2 aromatic carbocycles. The van der Waals surface area contributed by atoms with E-state index in [1.54, 1.807) is 0 Å². The number of nitrogens with one attached hydrogen (secondary N) is 2. The van der Waals surface area contributed by atoms with Crippen LogP contribution in [0.2, 0.25) is 5.02 Å². The summed E-state index contributed by atoms with van der Waals surface area (Å²) >= 11 is 6.40. The van der Waals surface area contributed by atoms with E-state index in [9.17, 15) is 22.8 Å². The van der Waals surface area contributed by atoms with Crippen LogP contribution in [0.1, 0.15) is 48.1 Å². The lowest BCUT2D eigenvalue weighted by Gasteiger charge is -2.21. The highest BCUT2D eigenvalue weighted by Crippen LogP contribution is 2.34. The van der Waals surface area contributed by atoms with Crippen LogP contribution in [0.25, 0.3) is 0 Å². The van der Waals surface area contributed by atoms with Gasteiger partial charge in [0.1, 0.15) is 0 Å². The molecule has 0 spiro atoms. The summed E-state index contributed by atoms with van der Waals surface area (Å²) in [5, 5.41) is 23.2. The molecule has 0 bridgehead atoms. The molecule has 0 radical (unpaired) electrons. The second-order valence-corrected chi connectivity index (χ2v) is 7.99. The highest BCUT2D eigenvalue weighted by Gasteiger charge is 2.30. The Balaban J connectivity index is 0.000000414. The number of carboxylic acids is 2. The van der Waals surface area contributed by atoms with Gasteiger partial charge in [-0.05, 0) is 67.7 Å². The summed E-state index contributed by atoms with van der Waals surface area (Å²) < 4.78 is 38.1. The third-order valence-corrected chi connectivity index (χ3v) is 5.45. The minimum atomic E-state index is -4.32. The van der Waals surface area contributed by atoms with E-state index in [0.29, 0.717) is 5.02 Å². The number of benzene rings is 2. The van der Waals surface area contributed by atoms with Crippen molar-refractivity contribution in [2.75, 3.05) is 18.4 Å². The maximum Gasteiger partial charge on any atom is 0.416 e. The smallest absolute Gasteiger partial charge is 0.416 e. The molecular weight excluding hydrogens is 461 g/mol. The molecule has 0 aromatic heterocycles. The summed E-state index contributed by atoms with van der Waals surface area (Å²) in [5.41, 5.74) is 3.48. The Bertz CT molecular complexity index is 951. The Hall–Kier alpha value is -2.78. The number of hydrogen-bond donors (Lipinski definition) is 4. The van der Waals surface area contributed by atoms with E-state index >= 15 is 0 Å². The molecule has 0 aliphatic carbocycles. The van der Waals surface area contributed by atoms with Crippen LogP contribution in [0.3, 0.4) is 0 Å². The van der Waals surface area contributed by atoms with Crippen LogP contribution in [0.15, 0.2) is 36.4 Å². The maximum absolute atomic E-state index is 12.7. The van der Waals surface area contributed by atoms with Crippen LogP contribution in [-0.4, -0.2) is 35.2 Å². The van der Waals surface area contributed by atoms with Gasteiger partial charge in [-0.2, -0.15) is 13.2 Å². The van der Waals surface area contributed by atoms with Gasteiger partial charge in [-0.3, -0.25) is 9.59 Å². The molecule has 0 saturated carbocycles. The van der Waals surface area contributed by atoms with Gasteiger partial charge in [0.05, 0.1) is 29.1 Å². The first-order chi connectivity index (χ1) is 15.5. The number of aliphatic carboxylic acids is 2. The van der Waals surface area contributed by atoms with Gasteiger partial charge < -0.3 is 20.8 Å². The summed E-state index contributed by atoms with van der Waals surface area (Å²) in [7, 11) is 0. The Morgan fingerprint density at radius 2 is 1.61 bits per heavy atom. The van der Waals surface area contributed by atoms with Crippen molar-refractivity contribution in [2.24, 2.45) is 0 Å². The van der Waals surface area contributed by atoms with Crippen LogP contribution in [0.5, 0.6) is 0 Å². The number of halogens is 4. The Kier molecular flexibility index (Phi) is 9.55. The van der Waals surface area contributed by atoms with Crippen molar-refractivity contribution in [2.45, 2.75) is 44.8 Å². The lowest BCUT2D eigenvalue weighted by molar-refractivity contribution is -0.143. The maximum atomic E-state index is 12.7. The van der Waals surface area contributed by atoms with E-state index in [0.717, 1.165) is 49.3 Å². The zero-order valence-electron chi connectivity index (χ0n) is 18.0. The molecule has 1 aliphatic heterocycles. The average Bonchev–Trinajstić information content (AvgIpc) is 3.00. The molecule has 3 rings (SSSR count). The molecule has 33 heavy (non-hydrogen) atoms. The van der Waals surface area contributed by atoms with Crippen molar-refractivity contribution in [1.29, 1.82) is 0 Å². The fourth-order valence-corrected chi connectivity index (χ4v) is 3.61. The van der Waals surface area contributed by atoms with Gasteiger partial charge in [-0.15, -0.1) is 0 Å². The van der Waals surface area contributed by atoms with Crippen molar-refractivity contribution in [3.05, 3.63) is 63.7 Å². The number of fused-ring (bicyclic) bond motifs is 1. The summed E-state index contributed by atoms with van der Waals surface area (Å²) in [6, 6.07) is 9.04. The average molecular weight is 487 g/mol. The third kappa shape index (κ3) is 8.25. The zero-order chi connectivity index (χ0) is 24.6. The Labute approximate surface area is 194 Å². The highest BCUT2D eigenvalue weighted by atomic mass is 35.5. The van der Waals surface area contributed by atoms with Crippen molar-refractivity contribution in [1.82, 2.24) is 5.32 Å². The van der Waals surface area contributed by atoms with Crippen molar-refractivity contribution >= 4 is 29.2 Å². The second-order valence-electron chi connectivity index (χ2n) is 7.58. The molecule has 10 heteroatoms. The monoisotopic (exact) mass is 486 g/mol. The quantitative estimate of drug-likeness (QED) is 0.450. The van der Waals surface area contributed by atoms with Gasteiger partial charge in [-0.1, -0.05) is 29.8 Å². The van der Waals surface area contributed by atoms with Crippen LogP contribution in [0, 0.1) is 0 Å². The molecule has 180 valence electrons. The number of alkyl halides is 3. The van der Waals surface area contributed by atoms with Crippen molar-refractivity contribution < 1.29 is 33.0 Å². The lowest BCUT2D eigenvalue weighted by atomic mass is 9.99. The molecule has 2 aromatic rings. The molecule has 0 saturated heterocycles. The van der Waals surface area contributed by atoms with Gasteiger partial charge >= 0.3 is 18.1 Å². The fourth-order valence-electron chi connectivity index (χ4n) is 3.37. The number of carboxylic acid groups (broad SMARTS) is 2. The topological polar surface area (TPSA) is 98.7 Å². The van der Waals surface area contributed by atoms with Crippen molar-refractivity contribution in [3.63, 3.8) is 0 Å². The van der Waals surface area contributed by atoms with Crippen LogP contribution in [0.4, 0.5) is 18.9 Å². The van der Waals surface area contributed by atoms with Crippen molar-refractivity contribution in [3.8, 4) is 0 Å².